The van der Waals surface area contributed by atoms with E-state index >= 15 is 0 Å². The lowest BCUT2D eigenvalue weighted by molar-refractivity contribution is -0.0497. The van der Waals surface area contributed by atoms with Crippen molar-refractivity contribution >= 4 is 11.7 Å². The predicted octanol–water partition coefficient (Wildman–Crippen LogP) is 3.68. The molecule has 2 N–H and O–H groups in total. The van der Waals surface area contributed by atoms with Crippen LogP contribution in [0.3, 0.4) is 0 Å². The molecule has 1 heterocycles. The van der Waals surface area contributed by atoms with Crippen LogP contribution < -0.4 is 15.4 Å². The molecule has 1 saturated heterocycles. The van der Waals surface area contributed by atoms with E-state index < -0.39 is 6.61 Å². The Morgan fingerprint density at radius 2 is 2.00 bits per heavy atom. The van der Waals surface area contributed by atoms with Crippen molar-refractivity contribution in [2.45, 2.75) is 25.6 Å². The van der Waals surface area contributed by atoms with Gasteiger partial charge in [0.05, 0.1) is 0 Å². The Labute approximate surface area is 151 Å². The topological polar surface area (TPSA) is 53.6 Å². The van der Waals surface area contributed by atoms with Crippen molar-refractivity contribution in [3.05, 3.63) is 60.2 Å². The number of hydrogen-bond donors (Lipinski definition) is 2. The van der Waals surface area contributed by atoms with Gasteiger partial charge in [-0.3, -0.25) is 4.90 Å². The van der Waals surface area contributed by atoms with Crippen LogP contribution in [0.15, 0.2) is 54.6 Å². The van der Waals surface area contributed by atoms with Gasteiger partial charge < -0.3 is 15.4 Å². The minimum absolute atomic E-state index is 0.00713. The van der Waals surface area contributed by atoms with Gasteiger partial charge in [0, 0.05) is 37.4 Å². The number of alkyl halides is 2. The lowest BCUT2D eigenvalue weighted by Gasteiger charge is -2.17. The second-order valence-electron chi connectivity index (χ2n) is 6.21. The molecule has 7 heteroatoms. The average Bonchev–Trinajstić information content (AvgIpc) is 3.02. The number of likely N-dealkylation sites (tertiary alicyclic amines) is 1. The maximum atomic E-state index is 12.3. The third-order valence-corrected chi connectivity index (χ3v) is 4.17. The quantitative estimate of drug-likeness (QED) is 0.825. The first-order chi connectivity index (χ1) is 12.6. The Morgan fingerprint density at radius 1 is 1.19 bits per heavy atom. The van der Waals surface area contributed by atoms with Crippen molar-refractivity contribution in [2.75, 3.05) is 18.4 Å². The molecule has 138 valence electrons. The monoisotopic (exact) mass is 361 g/mol. The van der Waals surface area contributed by atoms with E-state index in [0.29, 0.717) is 5.69 Å². The Bertz CT molecular complexity index is 728. The zero-order valence-electron chi connectivity index (χ0n) is 14.2. The van der Waals surface area contributed by atoms with Crippen molar-refractivity contribution in [1.82, 2.24) is 10.2 Å². The van der Waals surface area contributed by atoms with Crippen molar-refractivity contribution < 1.29 is 18.3 Å². The molecule has 1 aliphatic heterocycles. The number of carbonyl (C=O) groups is 1. The highest BCUT2D eigenvalue weighted by Crippen LogP contribution is 2.19. The second-order valence-corrected chi connectivity index (χ2v) is 6.21. The molecule has 2 aromatic carbocycles. The lowest BCUT2D eigenvalue weighted by atomic mass is 10.2. The van der Waals surface area contributed by atoms with E-state index in [-0.39, 0.29) is 17.8 Å². The summed E-state index contributed by atoms with van der Waals surface area (Å²) in [7, 11) is 0. The first kappa shape index (κ1) is 18.1. The van der Waals surface area contributed by atoms with E-state index in [1.54, 1.807) is 12.1 Å². The average molecular weight is 361 g/mol. The van der Waals surface area contributed by atoms with E-state index in [1.807, 2.05) is 18.2 Å². The molecule has 1 atom stereocenters. The zero-order valence-corrected chi connectivity index (χ0v) is 14.2. The number of urea groups is 1. The van der Waals surface area contributed by atoms with Crippen LogP contribution in [0.4, 0.5) is 19.3 Å². The fraction of sp³-hybridized carbons (Fsp3) is 0.316. The third-order valence-electron chi connectivity index (χ3n) is 4.17. The van der Waals surface area contributed by atoms with Gasteiger partial charge in [-0.05, 0) is 24.1 Å². The van der Waals surface area contributed by atoms with Gasteiger partial charge in [-0.1, -0.05) is 36.4 Å². The van der Waals surface area contributed by atoms with Crippen LogP contribution in [-0.2, 0) is 6.54 Å². The molecule has 2 amide bonds. The molecule has 2 aromatic rings. The molecule has 3 rings (SSSR count). The molecule has 1 fully saturated rings. The molecule has 0 bridgehead atoms. The second kappa shape index (κ2) is 8.62. The van der Waals surface area contributed by atoms with Crippen LogP contribution in [-0.4, -0.2) is 36.7 Å². The van der Waals surface area contributed by atoms with Gasteiger partial charge in [0.2, 0.25) is 0 Å². The number of benzene rings is 2. The van der Waals surface area contributed by atoms with Crippen molar-refractivity contribution in [3.63, 3.8) is 0 Å². The Kier molecular flexibility index (Phi) is 6.01. The summed E-state index contributed by atoms with van der Waals surface area (Å²) in [5, 5.41) is 5.58. The fourth-order valence-electron chi connectivity index (χ4n) is 3.04. The molecule has 26 heavy (non-hydrogen) atoms. The molecular weight excluding hydrogens is 340 g/mol. The summed E-state index contributed by atoms with van der Waals surface area (Å²) in [6.45, 7) is -0.352. The number of nitrogens with one attached hydrogen (secondary N) is 2. The van der Waals surface area contributed by atoms with Gasteiger partial charge in [-0.15, -0.1) is 0 Å². The number of rotatable bonds is 6. The fourth-order valence-corrected chi connectivity index (χ4v) is 3.04. The summed E-state index contributed by atoms with van der Waals surface area (Å²) in [5.74, 6) is 0.00713. The van der Waals surface area contributed by atoms with Crippen LogP contribution in [0.1, 0.15) is 12.0 Å². The van der Waals surface area contributed by atoms with Gasteiger partial charge in [0.1, 0.15) is 5.75 Å². The number of ether oxygens (including phenoxy) is 1. The largest absolute Gasteiger partial charge is 0.435 e. The van der Waals surface area contributed by atoms with Gasteiger partial charge in [0.15, 0.2) is 0 Å². The van der Waals surface area contributed by atoms with Crippen LogP contribution in [0.5, 0.6) is 5.75 Å². The zero-order chi connectivity index (χ0) is 18.4. The highest BCUT2D eigenvalue weighted by molar-refractivity contribution is 5.89. The summed E-state index contributed by atoms with van der Waals surface area (Å²) in [4.78, 5) is 14.4. The smallest absolute Gasteiger partial charge is 0.387 e. The molecule has 1 aliphatic rings. The predicted molar refractivity (Wildman–Crippen MR) is 95.4 cm³/mol. The molecule has 0 radical (unpaired) electrons. The third kappa shape index (κ3) is 5.42. The van der Waals surface area contributed by atoms with E-state index in [9.17, 15) is 13.6 Å². The standard InChI is InChI=1S/C19H21F2N3O2/c20-18(21)26-17-8-4-7-15(11-17)22-19(25)23-16-9-10-24(13-16)12-14-5-2-1-3-6-14/h1-8,11,16,18H,9-10,12-13H2,(H2,22,23,25). The van der Waals surface area contributed by atoms with Gasteiger partial charge >= 0.3 is 12.6 Å². The van der Waals surface area contributed by atoms with E-state index in [4.69, 9.17) is 0 Å². The normalized spacial score (nSPS) is 17.3. The first-order valence-electron chi connectivity index (χ1n) is 8.47. The minimum atomic E-state index is -2.90. The van der Waals surface area contributed by atoms with Gasteiger partial charge in [-0.2, -0.15) is 8.78 Å². The Morgan fingerprint density at radius 3 is 2.77 bits per heavy atom. The van der Waals surface area contributed by atoms with Crippen molar-refractivity contribution in [2.24, 2.45) is 0 Å². The minimum Gasteiger partial charge on any atom is -0.435 e. The van der Waals surface area contributed by atoms with Crippen LogP contribution in [0.25, 0.3) is 0 Å². The molecule has 5 nitrogen and oxygen atoms in total. The van der Waals surface area contributed by atoms with E-state index in [2.05, 4.69) is 32.4 Å². The summed E-state index contributed by atoms with van der Waals surface area (Å²) < 4.78 is 28.8. The molecular formula is C19H21F2N3O2. The van der Waals surface area contributed by atoms with E-state index in [1.165, 1.54) is 17.7 Å². The van der Waals surface area contributed by atoms with Crippen molar-refractivity contribution in [1.29, 1.82) is 0 Å². The molecule has 1 unspecified atom stereocenters. The molecule has 0 spiro atoms. The van der Waals surface area contributed by atoms with Crippen LogP contribution in [0, 0.1) is 0 Å². The molecule has 0 aromatic heterocycles. The number of halogens is 2. The maximum absolute atomic E-state index is 12.3. The Balaban J connectivity index is 1.47. The summed E-state index contributed by atoms with van der Waals surface area (Å²) >= 11 is 0. The highest BCUT2D eigenvalue weighted by atomic mass is 19.3. The van der Waals surface area contributed by atoms with Crippen molar-refractivity contribution in [3.8, 4) is 5.75 Å². The summed E-state index contributed by atoms with van der Waals surface area (Å²) in [6, 6.07) is 15.8. The molecule has 0 aliphatic carbocycles. The van der Waals surface area contributed by atoms with Crippen LogP contribution in [0.2, 0.25) is 0 Å². The lowest BCUT2D eigenvalue weighted by Crippen LogP contribution is -2.39. The summed E-state index contributed by atoms with van der Waals surface area (Å²) in [5.41, 5.74) is 1.65. The number of amides is 2. The summed E-state index contributed by atoms with van der Waals surface area (Å²) in [6.07, 6.45) is 0.870. The van der Waals surface area contributed by atoms with Gasteiger partial charge in [0.25, 0.3) is 0 Å². The number of anilines is 1. The van der Waals surface area contributed by atoms with Gasteiger partial charge in [-0.25, -0.2) is 4.79 Å². The van der Waals surface area contributed by atoms with Crippen LogP contribution >= 0.6 is 0 Å². The maximum Gasteiger partial charge on any atom is 0.387 e. The highest BCUT2D eigenvalue weighted by Gasteiger charge is 2.23. The first-order valence-corrected chi connectivity index (χ1v) is 8.47. The number of hydrogen-bond acceptors (Lipinski definition) is 3. The number of nitrogens with zero attached hydrogens (tertiary/aromatic N) is 1. The molecule has 0 saturated carbocycles. The van der Waals surface area contributed by atoms with E-state index in [0.717, 1.165) is 26.1 Å². The SMILES string of the molecule is O=C(Nc1cccc(OC(F)F)c1)NC1CCN(Cc2ccccc2)C1. The Hall–Kier alpha value is -2.67. The number of carbonyl (C=O) groups excluding carboxylic acids is 1.